The van der Waals surface area contributed by atoms with Gasteiger partial charge < -0.3 is 10.1 Å². The summed E-state index contributed by atoms with van der Waals surface area (Å²) >= 11 is 0. The molecule has 1 saturated heterocycles. The number of nitrogens with one attached hydrogen (secondary N) is 1. The number of hydrogen-bond acceptors (Lipinski definition) is 5. The Morgan fingerprint density at radius 3 is 2.48 bits per heavy atom. The fraction of sp³-hybridized carbons (Fsp3) is 0.348. The van der Waals surface area contributed by atoms with Gasteiger partial charge >= 0.3 is 0 Å². The van der Waals surface area contributed by atoms with E-state index in [4.69, 9.17) is 4.74 Å². The molecule has 2 aliphatic heterocycles. The SMILES string of the molecule is O=C(CN1CC=C(c2ccccc2)CC1)Nc1cccc(S(=O)(=O)N2CCOCC2)c1. The minimum atomic E-state index is -3.60. The summed E-state index contributed by atoms with van der Waals surface area (Å²) < 4.78 is 32.3. The molecule has 0 atom stereocenters. The zero-order valence-corrected chi connectivity index (χ0v) is 18.2. The highest BCUT2D eigenvalue weighted by molar-refractivity contribution is 7.89. The van der Waals surface area contributed by atoms with Crippen molar-refractivity contribution in [2.24, 2.45) is 0 Å². The molecule has 8 heteroatoms. The van der Waals surface area contributed by atoms with Gasteiger partial charge in [-0.3, -0.25) is 9.69 Å². The van der Waals surface area contributed by atoms with Crippen LogP contribution in [-0.4, -0.2) is 69.5 Å². The molecule has 0 unspecified atom stereocenters. The molecule has 2 aliphatic rings. The van der Waals surface area contributed by atoms with Gasteiger partial charge in [0.15, 0.2) is 0 Å². The summed E-state index contributed by atoms with van der Waals surface area (Å²) in [6.45, 7) is 3.25. The van der Waals surface area contributed by atoms with Crippen LogP contribution in [-0.2, 0) is 19.6 Å². The average molecular weight is 442 g/mol. The molecule has 2 aromatic rings. The predicted molar refractivity (Wildman–Crippen MR) is 120 cm³/mol. The van der Waals surface area contributed by atoms with E-state index >= 15 is 0 Å². The zero-order chi connectivity index (χ0) is 21.7. The quantitative estimate of drug-likeness (QED) is 0.745. The van der Waals surface area contributed by atoms with Gasteiger partial charge in [0.1, 0.15) is 0 Å². The van der Waals surface area contributed by atoms with Crippen LogP contribution in [0.2, 0.25) is 0 Å². The van der Waals surface area contributed by atoms with Crippen LogP contribution in [0.5, 0.6) is 0 Å². The smallest absolute Gasteiger partial charge is 0.243 e. The van der Waals surface area contributed by atoms with E-state index in [0.717, 1.165) is 13.0 Å². The highest BCUT2D eigenvalue weighted by Crippen LogP contribution is 2.23. The van der Waals surface area contributed by atoms with Crippen molar-refractivity contribution in [1.29, 1.82) is 0 Å². The van der Waals surface area contributed by atoms with Gasteiger partial charge in [0.05, 0.1) is 24.7 Å². The molecule has 4 rings (SSSR count). The lowest BCUT2D eigenvalue weighted by atomic mass is 10.00. The third-order valence-electron chi connectivity index (χ3n) is 5.53. The molecule has 7 nitrogen and oxygen atoms in total. The molecule has 2 aromatic carbocycles. The Hall–Kier alpha value is -2.52. The molecule has 0 spiro atoms. The second kappa shape index (κ2) is 9.74. The van der Waals surface area contributed by atoms with Gasteiger partial charge in [-0.1, -0.05) is 42.5 Å². The van der Waals surface area contributed by atoms with Gasteiger partial charge in [0, 0.05) is 31.9 Å². The Kier molecular flexibility index (Phi) is 6.82. The van der Waals surface area contributed by atoms with Crippen LogP contribution in [0.4, 0.5) is 5.69 Å². The van der Waals surface area contributed by atoms with E-state index in [1.807, 2.05) is 18.2 Å². The minimum Gasteiger partial charge on any atom is -0.379 e. The molecular formula is C23H27N3O4S. The molecule has 0 radical (unpaired) electrons. The van der Waals surface area contributed by atoms with Gasteiger partial charge in [-0.2, -0.15) is 4.31 Å². The predicted octanol–water partition coefficient (Wildman–Crippen LogP) is 2.44. The largest absolute Gasteiger partial charge is 0.379 e. The lowest BCUT2D eigenvalue weighted by Gasteiger charge is -2.26. The number of nitrogens with zero attached hydrogens (tertiary/aromatic N) is 2. The topological polar surface area (TPSA) is 79.0 Å². The number of amides is 1. The van der Waals surface area contributed by atoms with E-state index in [1.54, 1.807) is 18.2 Å². The van der Waals surface area contributed by atoms with Crippen LogP contribution in [0, 0.1) is 0 Å². The number of rotatable bonds is 6. The number of carbonyl (C=O) groups excluding carboxylic acids is 1. The van der Waals surface area contributed by atoms with Crippen molar-refractivity contribution < 1.29 is 17.9 Å². The molecular weight excluding hydrogens is 414 g/mol. The fourth-order valence-electron chi connectivity index (χ4n) is 3.84. The first-order chi connectivity index (χ1) is 15.0. The van der Waals surface area contributed by atoms with Crippen molar-refractivity contribution in [3.8, 4) is 0 Å². The molecule has 164 valence electrons. The number of hydrogen-bond donors (Lipinski definition) is 1. The molecule has 2 heterocycles. The Morgan fingerprint density at radius 1 is 1.00 bits per heavy atom. The van der Waals surface area contributed by atoms with Gasteiger partial charge in [0.2, 0.25) is 15.9 Å². The average Bonchev–Trinajstić information content (AvgIpc) is 2.81. The second-order valence-electron chi connectivity index (χ2n) is 7.67. The summed E-state index contributed by atoms with van der Waals surface area (Å²) in [6, 6.07) is 16.7. The molecule has 0 aliphatic carbocycles. The van der Waals surface area contributed by atoms with Crippen LogP contribution in [0.1, 0.15) is 12.0 Å². The standard InChI is InChI=1S/C23H27N3O4S/c27-23(18-25-11-9-20(10-12-25)19-5-2-1-3-6-19)24-21-7-4-8-22(17-21)31(28,29)26-13-15-30-16-14-26/h1-9,17H,10-16,18H2,(H,24,27). The minimum absolute atomic E-state index is 0.155. The van der Waals surface area contributed by atoms with Crippen molar-refractivity contribution in [3.05, 3.63) is 66.2 Å². The Bertz CT molecular complexity index is 1050. The monoisotopic (exact) mass is 441 g/mol. The Labute approximate surface area is 183 Å². The zero-order valence-electron chi connectivity index (χ0n) is 17.4. The molecule has 1 N–H and O–H groups in total. The third kappa shape index (κ3) is 5.40. The lowest BCUT2D eigenvalue weighted by molar-refractivity contribution is -0.117. The summed E-state index contributed by atoms with van der Waals surface area (Å²) in [4.78, 5) is 14.8. The Balaban J connectivity index is 1.35. The fourth-order valence-corrected chi connectivity index (χ4v) is 5.30. The highest BCUT2D eigenvalue weighted by atomic mass is 32.2. The number of carbonyl (C=O) groups is 1. The van der Waals surface area contributed by atoms with E-state index in [1.165, 1.54) is 21.5 Å². The van der Waals surface area contributed by atoms with Crippen molar-refractivity contribution in [2.45, 2.75) is 11.3 Å². The molecule has 31 heavy (non-hydrogen) atoms. The van der Waals surface area contributed by atoms with Crippen LogP contribution in [0.15, 0.2) is 65.6 Å². The number of anilines is 1. The summed E-state index contributed by atoms with van der Waals surface area (Å²) in [6.07, 6.45) is 3.06. The van der Waals surface area contributed by atoms with E-state index in [-0.39, 0.29) is 17.3 Å². The van der Waals surface area contributed by atoms with E-state index in [2.05, 4.69) is 28.4 Å². The maximum atomic E-state index is 12.8. The number of morpholine rings is 1. The summed E-state index contributed by atoms with van der Waals surface area (Å²) in [7, 11) is -3.60. The molecule has 1 amide bonds. The van der Waals surface area contributed by atoms with E-state index in [0.29, 0.717) is 38.5 Å². The van der Waals surface area contributed by atoms with Gasteiger partial charge in [0.25, 0.3) is 0 Å². The molecule has 1 fully saturated rings. The van der Waals surface area contributed by atoms with Crippen LogP contribution in [0.3, 0.4) is 0 Å². The first-order valence-electron chi connectivity index (χ1n) is 10.5. The number of benzene rings is 2. The van der Waals surface area contributed by atoms with Gasteiger partial charge in [-0.25, -0.2) is 8.42 Å². The first kappa shape index (κ1) is 21.7. The first-order valence-corrected chi connectivity index (χ1v) is 11.9. The molecule has 0 aromatic heterocycles. The Morgan fingerprint density at radius 2 is 1.77 bits per heavy atom. The lowest BCUT2D eigenvalue weighted by Crippen LogP contribution is -2.40. The highest BCUT2D eigenvalue weighted by Gasteiger charge is 2.26. The van der Waals surface area contributed by atoms with Crippen LogP contribution < -0.4 is 5.32 Å². The van der Waals surface area contributed by atoms with E-state index < -0.39 is 10.0 Å². The maximum Gasteiger partial charge on any atom is 0.243 e. The third-order valence-corrected chi connectivity index (χ3v) is 7.43. The van der Waals surface area contributed by atoms with Gasteiger partial charge in [-0.15, -0.1) is 0 Å². The van der Waals surface area contributed by atoms with Crippen LogP contribution >= 0.6 is 0 Å². The summed E-state index contributed by atoms with van der Waals surface area (Å²) in [5.41, 5.74) is 3.01. The summed E-state index contributed by atoms with van der Waals surface area (Å²) in [5.74, 6) is -0.155. The summed E-state index contributed by atoms with van der Waals surface area (Å²) in [5, 5.41) is 2.84. The van der Waals surface area contributed by atoms with Crippen LogP contribution in [0.25, 0.3) is 5.57 Å². The van der Waals surface area contributed by atoms with E-state index in [9.17, 15) is 13.2 Å². The van der Waals surface area contributed by atoms with Crippen molar-refractivity contribution in [2.75, 3.05) is 51.3 Å². The normalized spacial score (nSPS) is 18.4. The van der Waals surface area contributed by atoms with Crippen molar-refractivity contribution in [1.82, 2.24) is 9.21 Å². The number of sulfonamides is 1. The maximum absolute atomic E-state index is 12.8. The molecule has 0 bridgehead atoms. The number of ether oxygens (including phenoxy) is 1. The molecule has 0 saturated carbocycles. The van der Waals surface area contributed by atoms with Crippen molar-refractivity contribution >= 4 is 27.2 Å². The van der Waals surface area contributed by atoms with Crippen molar-refractivity contribution in [3.63, 3.8) is 0 Å². The second-order valence-corrected chi connectivity index (χ2v) is 9.61. The van der Waals surface area contributed by atoms with Gasteiger partial charge in [-0.05, 0) is 35.8 Å².